The van der Waals surface area contributed by atoms with Gasteiger partial charge in [0.05, 0.1) is 24.2 Å². The minimum absolute atomic E-state index is 0.194. The minimum Gasteiger partial charge on any atom is -0.497 e. The van der Waals surface area contributed by atoms with Crippen LogP contribution in [0.2, 0.25) is 0 Å². The van der Waals surface area contributed by atoms with E-state index in [2.05, 4.69) is 0 Å². The molecule has 0 saturated heterocycles. The smallest absolute Gasteiger partial charge is 0.264 e. The van der Waals surface area contributed by atoms with Crippen molar-refractivity contribution in [3.63, 3.8) is 0 Å². The predicted molar refractivity (Wildman–Crippen MR) is 108 cm³/mol. The van der Waals surface area contributed by atoms with Crippen LogP contribution in [0.25, 0.3) is 0 Å². The number of benzene rings is 3. The van der Waals surface area contributed by atoms with Crippen molar-refractivity contribution in [1.29, 1.82) is 0 Å². The molecule has 0 aliphatic heterocycles. The maximum Gasteiger partial charge on any atom is 0.264 e. The van der Waals surface area contributed by atoms with E-state index >= 15 is 0 Å². The van der Waals surface area contributed by atoms with Crippen molar-refractivity contribution in [2.75, 3.05) is 17.1 Å². The monoisotopic (exact) mass is 382 g/mol. The number of nitrogens with zero attached hydrogens (tertiary/aromatic N) is 1. The summed E-state index contributed by atoms with van der Waals surface area (Å²) in [5.74, 6) is 0.666. The first-order valence-electron chi connectivity index (χ1n) is 8.48. The first kappa shape index (κ1) is 18.8. The van der Waals surface area contributed by atoms with E-state index < -0.39 is 10.0 Å². The van der Waals surface area contributed by atoms with Crippen molar-refractivity contribution in [2.45, 2.75) is 18.4 Å². The highest BCUT2D eigenvalue weighted by atomic mass is 32.2. The molecule has 0 bridgehead atoms. The number of sulfonamides is 1. The van der Waals surface area contributed by atoms with Crippen molar-refractivity contribution < 1.29 is 13.2 Å². The Balaban J connectivity index is 2.04. The third-order valence-electron chi connectivity index (χ3n) is 4.28. The Hall–Kier alpha value is -2.99. The normalized spacial score (nSPS) is 11.2. The first-order chi connectivity index (χ1) is 12.9. The zero-order valence-electron chi connectivity index (χ0n) is 15.3. The van der Waals surface area contributed by atoms with Crippen molar-refractivity contribution in [2.24, 2.45) is 0 Å². The highest BCUT2D eigenvalue weighted by molar-refractivity contribution is 7.92. The SMILES string of the molecule is COc1ccc(N(Cc2ccc(C)cc2)S(=O)(=O)c2ccc(N)cc2)cc1. The largest absolute Gasteiger partial charge is 0.497 e. The number of nitrogen functional groups attached to an aromatic ring is 1. The van der Waals surface area contributed by atoms with Gasteiger partial charge in [0.25, 0.3) is 10.0 Å². The number of hydrogen-bond donors (Lipinski definition) is 1. The van der Waals surface area contributed by atoms with E-state index in [1.807, 2.05) is 31.2 Å². The lowest BCUT2D eigenvalue weighted by molar-refractivity contribution is 0.415. The van der Waals surface area contributed by atoms with Crippen LogP contribution in [0.3, 0.4) is 0 Å². The summed E-state index contributed by atoms with van der Waals surface area (Å²) in [4.78, 5) is 0.194. The molecule has 0 aliphatic rings. The third-order valence-corrected chi connectivity index (χ3v) is 6.06. The number of hydrogen-bond acceptors (Lipinski definition) is 4. The van der Waals surface area contributed by atoms with Crippen LogP contribution in [0.15, 0.2) is 77.7 Å². The summed E-state index contributed by atoms with van der Waals surface area (Å²) >= 11 is 0. The molecule has 0 aliphatic carbocycles. The predicted octanol–water partition coefficient (Wildman–Crippen LogP) is 3.98. The van der Waals surface area contributed by atoms with Crippen LogP contribution in [-0.4, -0.2) is 15.5 Å². The van der Waals surface area contributed by atoms with E-state index in [-0.39, 0.29) is 11.4 Å². The molecule has 3 aromatic rings. The molecule has 3 aromatic carbocycles. The molecule has 0 spiro atoms. The summed E-state index contributed by atoms with van der Waals surface area (Å²) in [5.41, 5.74) is 8.80. The van der Waals surface area contributed by atoms with Gasteiger partial charge in [0.1, 0.15) is 5.75 Å². The minimum atomic E-state index is -3.76. The molecule has 5 nitrogen and oxygen atoms in total. The first-order valence-corrected chi connectivity index (χ1v) is 9.92. The lowest BCUT2D eigenvalue weighted by atomic mass is 10.1. The fourth-order valence-electron chi connectivity index (χ4n) is 2.69. The summed E-state index contributed by atoms with van der Waals surface area (Å²) in [7, 11) is -2.19. The molecule has 0 atom stereocenters. The Bertz CT molecular complexity index is 997. The van der Waals surface area contributed by atoms with Gasteiger partial charge in [0, 0.05) is 5.69 Å². The molecule has 0 fully saturated rings. The molecule has 0 saturated carbocycles. The van der Waals surface area contributed by atoms with Gasteiger partial charge >= 0.3 is 0 Å². The average Bonchev–Trinajstić information content (AvgIpc) is 2.68. The van der Waals surface area contributed by atoms with Crippen LogP contribution >= 0.6 is 0 Å². The summed E-state index contributed by atoms with van der Waals surface area (Å²) in [6.45, 7) is 2.22. The average molecular weight is 382 g/mol. The Kier molecular flexibility index (Phi) is 5.37. The van der Waals surface area contributed by atoms with E-state index in [0.29, 0.717) is 17.1 Å². The molecule has 6 heteroatoms. The Labute approximate surface area is 160 Å². The molecule has 27 heavy (non-hydrogen) atoms. The van der Waals surface area contributed by atoms with Gasteiger partial charge < -0.3 is 10.5 Å². The Morgan fingerprint density at radius 2 is 1.48 bits per heavy atom. The number of aryl methyl sites for hydroxylation is 1. The number of ether oxygens (including phenoxy) is 1. The van der Waals surface area contributed by atoms with Crippen molar-refractivity contribution in [3.8, 4) is 5.75 Å². The number of anilines is 2. The second-order valence-electron chi connectivity index (χ2n) is 6.26. The van der Waals surface area contributed by atoms with E-state index in [0.717, 1.165) is 11.1 Å². The Morgan fingerprint density at radius 1 is 0.889 bits per heavy atom. The van der Waals surface area contributed by atoms with Gasteiger partial charge in [0.2, 0.25) is 0 Å². The van der Waals surface area contributed by atoms with Gasteiger partial charge in [-0.3, -0.25) is 4.31 Å². The molecule has 0 unspecified atom stereocenters. The third kappa shape index (κ3) is 4.23. The molecule has 2 N–H and O–H groups in total. The van der Waals surface area contributed by atoms with Crippen LogP contribution in [0.4, 0.5) is 11.4 Å². The quantitative estimate of drug-likeness (QED) is 0.655. The molecule has 0 amide bonds. The van der Waals surface area contributed by atoms with Crippen LogP contribution in [0.5, 0.6) is 5.75 Å². The maximum atomic E-state index is 13.3. The summed E-state index contributed by atoms with van der Waals surface area (Å²) in [6, 6.07) is 21.0. The second kappa shape index (κ2) is 7.72. The number of rotatable bonds is 6. The molecular weight excluding hydrogens is 360 g/mol. The van der Waals surface area contributed by atoms with Crippen molar-refractivity contribution >= 4 is 21.4 Å². The van der Waals surface area contributed by atoms with Crippen LogP contribution in [0.1, 0.15) is 11.1 Å². The topological polar surface area (TPSA) is 72.6 Å². The number of nitrogens with two attached hydrogens (primary N) is 1. The number of methoxy groups -OCH3 is 1. The van der Waals surface area contributed by atoms with Crippen LogP contribution in [-0.2, 0) is 16.6 Å². The van der Waals surface area contributed by atoms with Crippen molar-refractivity contribution in [1.82, 2.24) is 0 Å². The summed E-state index contributed by atoms with van der Waals surface area (Å²) in [6.07, 6.45) is 0. The Morgan fingerprint density at radius 3 is 2.04 bits per heavy atom. The fraction of sp³-hybridized carbons (Fsp3) is 0.143. The van der Waals surface area contributed by atoms with Gasteiger partial charge in [0.15, 0.2) is 0 Å². The van der Waals surface area contributed by atoms with Gasteiger partial charge in [-0.15, -0.1) is 0 Å². The molecular formula is C21H22N2O3S. The molecule has 3 rings (SSSR count). The van der Waals surface area contributed by atoms with Gasteiger partial charge in [-0.2, -0.15) is 0 Å². The van der Waals surface area contributed by atoms with Crippen LogP contribution < -0.4 is 14.8 Å². The molecule has 140 valence electrons. The maximum absolute atomic E-state index is 13.3. The van der Waals surface area contributed by atoms with E-state index in [4.69, 9.17) is 10.5 Å². The standard InChI is InChI=1S/C21H22N2O3S/c1-16-3-5-17(6-4-16)15-23(19-9-11-20(26-2)12-10-19)27(24,25)21-13-7-18(22)8-14-21/h3-14H,15,22H2,1-2H3. The van der Waals surface area contributed by atoms with E-state index in [1.165, 1.54) is 16.4 Å². The fourth-order valence-corrected chi connectivity index (χ4v) is 4.14. The molecule has 0 aromatic heterocycles. The second-order valence-corrected chi connectivity index (χ2v) is 8.13. The highest BCUT2D eigenvalue weighted by Gasteiger charge is 2.25. The molecule has 0 radical (unpaired) electrons. The lowest BCUT2D eigenvalue weighted by Crippen LogP contribution is -2.30. The van der Waals surface area contributed by atoms with Crippen molar-refractivity contribution in [3.05, 3.63) is 83.9 Å². The zero-order chi connectivity index (χ0) is 19.4. The van der Waals surface area contributed by atoms with Gasteiger partial charge in [-0.05, 0) is 61.0 Å². The zero-order valence-corrected chi connectivity index (χ0v) is 16.1. The van der Waals surface area contributed by atoms with Crippen LogP contribution in [0, 0.1) is 6.92 Å². The summed E-state index contributed by atoms with van der Waals surface area (Å²) < 4.78 is 33.2. The molecule has 0 heterocycles. The van der Waals surface area contributed by atoms with E-state index in [9.17, 15) is 8.42 Å². The van der Waals surface area contributed by atoms with Gasteiger partial charge in [-0.1, -0.05) is 29.8 Å². The highest BCUT2D eigenvalue weighted by Crippen LogP contribution is 2.28. The van der Waals surface area contributed by atoms with E-state index in [1.54, 1.807) is 43.5 Å². The van der Waals surface area contributed by atoms with Gasteiger partial charge in [-0.25, -0.2) is 8.42 Å². The summed E-state index contributed by atoms with van der Waals surface area (Å²) in [5, 5.41) is 0. The lowest BCUT2D eigenvalue weighted by Gasteiger charge is -2.25.